The van der Waals surface area contributed by atoms with Gasteiger partial charge >= 0.3 is 0 Å². The maximum Gasteiger partial charge on any atom is 0.264 e. The molecule has 0 spiro atoms. The molecule has 1 aliphatic rings. The first kappa shape index (κ1) is 19.6. The van der Waals surface area contributed by atoms with Gasteiger partial charge in [-0.05, 0) is 31.2 Å². The van der Waals surface area contributed by atoms with Crippen LogP contribution in [-0.4, -0.2) is 37.6 Å². The topological polar surface area (TPSA) is 76.1 Å². The van der Waals surface area contributed by atoms with Crippen LogP contribution in [0, 0.1) is 0 Å². The van der Waals surface area contributed by atoms with Crippen LogP contribution in [0.1, 0.15) is 29.3 Å². The van der Waals surface area contributed by atoms with E-state index in [1.54, 1.807) is 42.5 Å². The number of anilines is 1. The Hall–Kier alpha value is -3.12. The van der Waals surface area contributed by atoms with Gasteiger partial charge in [0.1, 0.15) is 0 Å². The van der Waals surface area contributed by atoms with Gasteiger partial charge in [-0.2, -0.15) is 0 Å². The second-order valence-electron chi connectivity index (χ2n) is 6.90. The highest BCUT2D eigenvalue weighted by molar-refractivity contribution is 6.11. The molecule has 1 atom stereocenters. The predicted octanol–water partition coefficient (Wildman–Crippen LogP) is 3.09. The Balaban J connectivity index is 1.96. The van der Waals surface area contributed by atoms with E-state index in [9.17, 15) is 14.7 Å². The number of hydrogen-bond acceptors (Lipinski definition) is 5. The third-order valence-electron chi connectivity index (χ3n) is 4.79. The molecule has 0 bridgehead atoms. The van der Waals surface area contributed by atoms with E-state index in [2.05, 4.69) is 6.58 Å². The molecule has 0 saturated carbocycles. The van der Waals surface area contributed by atoms with E-state index in [1.807, 2.05) is 6.92 Å². The van der Waals surface area contributed by atoms with Crippen molar-refractivity contribution >= 4 is 17.4 Å². The van der Waals surface area contributed by atoms with E-state index >= 15 is 0 Å². The molecular weight excluding hydrogens is 358 g/mol. The van der Waals surface area contributed by atoms with Gasteiger partial charge < -0.3 is 19.5 Å². The van der Waals surface area contributed by atoms with Gasteiger partial charge in [0.15, 0.2) is 22.9 Å². The lowest BCUT2D eigenvalue weighted by Crippen LogP contribution is -2.42. The smallest absolute Gasteiger partial charge is 0.264 e. The van der Waals surface area contributed by atoms with Crippen LogP contribution in [0.15, 0.2) is 54.6 Å². The fraction of sp³-hybridized carbons (Fsp3) is 0.273. The summed E-state index contributed by atoms with van der Waals surface area (Å²) in [6.45, 7) is 5.94. The Labute approximate surface area is 164 Å². The van der Waals surface area contributed by atoms with Gasteiger partial charge in [-0.3, -0.25) is 9.59 Å². The van der Waals surface area contributed by atoms with Gasteiger partial charge in [0, 0.05) is 17.7 Å². The van der Waals surface area contributed by atoms with Gasteiger partial charge in [0.2, 0.25) is 0 Å². The summed E-state index contributed by atoms with van der Waals surface area (Å²) >= 11 is 0. The molecule has 1 N–H and O–H groups in total. The van der Waals surface area contributed by atoms with Crippen molar-refractivity contribution in [2.75, 3.05) is 25.7 Å². The van der Waals surface area contributed by atoms with E-state index in [1.165, 1.54) is 19.1 Å². The number of aliphatic hydroxyl groups is 1. The zero-order valence-corrected chi connectivity index (χ0v) is 16.2. The van der Waals surface area contributed by atoms with E-state index in [0.29, 0.717) is 28.3 Å². The maximum absolute atomic E-state index is 13.0. The Kier molecular flexibility index (Phi) is 5.25. The number of Topliss-reactive ketones (excluding diaryl/α,β-unsaturated/α-hetero) is 1. The Morgan fingerprint density at radius 1 is 1.14 bits per heavy atom. The summed E-state index contributed by atoms with van der Waals surface area (Å²) in [4.78, 5) is 27.4. The number of amides is 1. The molecule has 28 heavy (non-hydrogen) atoms. The summed E-state index contributed by atoms with van der Waals surface area (Å²) in [5.41, 5.74) is 0.206. The van der Waals surface area contributed by atoms with Crippen LogP contribution in [0.3, 0.4) is 0 Å². The molecule has 6 heteroatoms. The van der Waals surface area contributed by atoms with Crippen molar-refractivity contribution < 1.29 is 24.2 Å². The van der Waals surface area contributed by atoms with Gasteiger partial charge in [0.05, 0.1) is 26.3 Å². The van der Waals surface area contributed by atoms with Crippen molar-refractivity contribution in [1.82, 2.24) is 0 Å². The first-order valence-electron chi connectivity index (χ1n) is 8.85. The maximum atomic E-state index is 13.0. The predicted molar refractivity (Wildman–Crippen MR) is 106 cm³/mol. The standard InChI is InChI=1S/C22H23NO5/c1-14(2)13-23-17-8-6-5-7-16(17)22(26,21(23)25)12-18(24)15-9-10-19(27-3)20(11-15)28-4/h5-11,26H,1,12-13H2,2-4H3/t22-/m0/s1. The molecule has 2 aromatic rings. The summed E-state index contributed by atoms with van der Waals surface area (Å²) in [5, 5.41) is 11.3. The molecule has 6 nitrogen and oxygen atoms in total. The van der Waals surface area contributed by atoms with Gasteiger partial charge in [-0.1, -0.05) is 30.4 Å². The highest BCUT2D eigenvalue weighted by atomic mass is 16.5. The molecule has 146 valence electrons. The molecule has 0 saturated heterocycles. The summed E-state index contributed by atoms with van der Waals surface area (Å²) < 4.78 is 10.4. The summed E-state index contributed by atoms with van der Waals surface area (Å²) in [5.74, 6) is 0.00406. The third-order valence-corrected chi connectivity index (χ3v) is 4.79. The van der Waals surface area contributed by atoms with Gasteiger partial charge in [-0.15, -0.1) is 0 Å². The summed E-state index contributed by atoms with van der Waals surface area (Å²) in [6, 6.07) is 11.7. The van der Waals surface area contributed by atoms with E-state index < -0.39 is 11.5 Å². The molecule has 1 aliphatic heterocycles. The van der Waals surface area contributed by atoms with Crippen molar-refractivity contribution in [3.63, 3.8) is 0 Å². The number of hydrogen-bond donors (Lipinski definition) is 1. The van der Waals surface area contributed by atoms with Crippen molar-refractivity contribution in [2.24, 2.45) is 0 Å². The Morgan fingerprint density at radius 2 is 1.82 bits per heavy atom. The van der Waals surface area contributed by atoms with Gasteiger partial charge in [0.25, 0.3) is 5.91 Å². The molecule has 0 fully saturated rings. The minimum atomic E-state index is -1.92. The molecule has 1 amide bonds. The lowest BCUT2D eigenvalue weighted by molar-refractivity contribution is -0.135. The second kappa shape index (κ2) is 7.48. The number of carbonyl (C=O) groups is 2. The van der Waals surface area contributed by atoms with Crippen LogP contribution in [0.4, 0.5) is 5.69 Å². The minimum absolute atomic E-state index is 0.280. The van der Waals surface area contributed by atoms with E-state index in [4.69, 9.17) is 9.47 Å². The Bertz CT molecular complexity index is 952. The number of carbonyl (C=O) groups excluding carboxylic acids is 2. The average Bonchev–Trinajstić information content (AvgIpc) is 2.89. The van der Waals surface area contributed by atoms with Crippen LogP contribution in [0.25, 0.3) is 0 Å². The zero-order chi connectivity index (χ0) is 20.5. The molecule has 0 radical (unpaired) electrons. The van der Waals surface area contributed by atoms with Crippen LogP contribution < -0.4 is 14.4 Å². The number of nitrogens with zero attached hydrogens (tertiary/aromatic N) is 1. The van der Waals surface area contributed by atoms with Crippen molar-refractivity contribution in [2.45, 2.75) is 18.9 Å². The number of fused-ring (bicyclic) bond motifs is 1. The molecule has 2 aromatic carbocycles. The number of benzene rings is 2. The van der Waals surface area contributed by atoms with Crippen molar-refractivity contribution in [1.29, 1.82) is 0 Å². The number of methoxy groups -OCH3 is 2. The van der Waals surface area contributed by atoms with Gasteiger partial charge in [-0.25, -0.2) is 0 Å². The first-order valence-corrected chi connectivity index (χ1v) is 8.85. The van der Waals surface area contributed by atoms with Crippen LogP contribution in [0.2, 0.25) is 0 Å². The van der Waals surface area contributed by atoms with Crippen LogP contribution >= 0.6 is 0 Å². The molecule has 1 heterocycles. The fourth-order valence-electron chi connectivity index (χ4n) is 3.45. The monoisotopic (exact) mass is 381 g/mol. The number of para-hydroxylation sites is 1. The summed E-state index contributed by atoms with van der Waals surface area (Å²) in [6.07, 6.45) is -0.370. The lowest BCUT2D eigenvalue weighted by Gasteiger charge is -2.23. The van der Waals surface area contributed by atoms with E-state index in [0.717, 1.165) is 5.57 Å². The lowest BCUT2D eigenvalue weighted by atomic mass is 9.88. The number of ether oxygens (including phenoxy) is 2. The summed E-state index contributed by atoms with van der Waals surface area (Å²) in [7, 11) is 2.98. The molecule has 0 aromatic heterocycles. The molecule has 0 aliphatic carbocycles. The van der Waals surface area contributed by atoms with Crippen LogP contribution in [-0.2, 0) is 10.4 Å². The third kappa shape index (κ3) is 3.27. The fourth-order valence-corrected chi connectivity index (χ4v) is 3.45. The highest BCUT2D eigenvalue weighted by Crippen LogP contribution is 2.43. The van der Waals surface area contributed by atoms with Crippen molar-refractivity contribution in [3.8, 4) is 11.5 Å². The first-order chi connectivity index (χ1) is 13.3. The molecule has 0 unspecified atom stereocenters. The molecular formula is C22H23NO5. The van der Waals surface area contributed by atoms with E-state index in [-0.39, 0.29) is 18.7 Å². The number of rotatable bonds is 7. The van der Waals surface area contributed by atoms with Crippen molar-refractivity contribution in [3.05, 3.63) is 65.7 Å². The largest absolute Gasteiger partial charge is 0.493 e. The average molecular weight is 381 g/mol. The normalized spacial score (nSPS) is 18.0. The highest BCUT2D eigenvalue weighted by Gasteiger charge is 2.50. The Morgan fingerprint density at radius 3 is 2.46 bits per heavy atom. The zero-order valence-electron chi connectivity index (χ0n) is 16.2. The SMILES string of the molecule is C=C(C)CN1C(=O)[C@](O)(CC(=O)c2ccc(OC)c(OC)c2)c2ccccc21. The quantitative estimate of drug-likeness (QED) is 0.589. The number of ketones is 1. The second-order valence-corrected chi connectivity index (χ2v) is 6.90. The van der Waals surface area contributed by atoms with Crippen LogP contribution in [0.5, 0.6) is 11.5 Å². The molecule has 3 rings (SSSR count). The minimum Gasteiger partial charge on any atom is -0.493 e.